The smallest absolute Gasteiger partial charge is 0.224 e. The maximum atomic E-state index is 11.7. The van der Waals surface area contributed by atoms with Gasteiger partial charge in [-0.3, -0.25) is 9.78 Å². The van der Waals surface area contributed by atoms with Crippen LogP contribution in [0.4, 0.5) is 0 Å². The third kappa shape index (κ3) is 5.45. The van der Waals surface area contributed by atoms with Crippen LogP contribution in [0, 0.1) is 5.41 Å². The quantitative estimate of drug-likeness (QED) is 0.779. The molecule has 1 aromatic heterocycles. The Morgan fingerprint density at radius 3 is 2.88 bits per heavy atom. The number of aromatic nitrogens is 1. The highest BCUT2D eigenvalue weighted by Gasteiger charge is 2.17. The summed E-state index contributed by atoms with van der Waals surface area (Å²) in [7, 11) is 0. The van der Waals surface area contributed by atoms with Gasteiger partial charge < -0.3 is 10.4 Å². The zero-order chi connectivity index (χ0) is 12.7. The molecule has 1 amide bonds. The van der Waals surface area contributed by atoms with E-state index in [0.717, 1.165) is 5.56 Å². The van der Waals surface area contributed by atoms with Crippen molar-refractivity contribution in [2.45, 2.75) is 26.7 Å². The fraction of sp³-hybridized carbons (Fsp3) is 0.538. The second kappa shape index (κ2) is 6.35. The molecule has 4 nitrogen and oxygen atoms in total. The van der Waals surface area contributed by atoms with Gasteiger partial charge in [0.25, 0.3) is 0 Å². The number of aliphatic hydroxyl groups excluding tert-OH is 1. The summed E-state index contributed by atoms with van der Waals surface area (Å²) in [5.41, 5.74) is 0.837. The summed E-state index contributed by atoms with van der Waals surface area (Å²) in [6, 6.07) is 3.70. The lowest BCUT2D eigenvalue weighted by atomic mass is 9.90. The Balaban J connectivity index is 2.36. The highest BCUT2D eigenvalue weighted by molar-refractivity contribution is 5.78. The van der Waals surface area contributed by atoms with E-state index < -0.39 is 0 Å². The minimum atomic E-state index is -0.0701. The van der Waals surface area contributed by atoms with E-state index in [2.05, 4.69) is 10.3 Å². The first-order chi connectivity index (χ1) is 8.03. The number of carbonyl (C=O) groups is 1. The van der Waals surface area contributed by atoms with E-state index in [1.165, 1.54) is 0 Å². The maximum absolute atomic E-state index is 11.7. The molecule has 0 spiro atoms. The maximum Gasteiger partial charge on any atom is 0.224 e. The Labute approximate surface area is 102 Å². The molecule has 17 heavy (non-hydrogen) atoms. The lowest BCUT2D eigenvalue weighted by Crippen LogP contribution is -2.35. The van der Waals surface area contributed by atoms with E-state index in [9.17, 15) is 4.79 Å². The molecule has 0 bridgehead atoms. The first-order valence-corrected chi connectivity index (χ1v) is 5.80. The number of hydrogen-bond acceptors (Lipinski definition) is 3. The van der Waals surface area contributed by atoms with Gasteiger partial charge in [-0.05, 0) is 23.5 Å². The molecule has 0 aromatic carbocycles. The highest BCUT2D eigenvalue weighted by atomic mass is 16.3. The third-order valence-corrected chi connectivity index (χ3v) is 2.64. The van der Waals surface area contributed by atoms with Crippen LogP contribution >= 0.6 is 0 Å². The Morgan fingerprint density at radius 1 is 1.53 bits per heavy atom. The number of aliphatic hydroxyl groups is 1. The summed E-state index contributed by atoms with van der Waals surface area (Å²) in [6.07, 6.45) is 4.41. The summed E-state index contributed by atoms with van der Waals surface area (Å²) < 4.78 is 0. The fourth-order valence-corrected chi connectivity index (χ4v) is 1.48. The molecule has 1 heterocycles. The summed E-state index contributed by atoms with van der Waals surface area (Å²) >= 11 is 0. The predicted octanol–water partition coefficient (Wildman–Crippen LogP) is 1.15. The van der Waals surface area contributed by atoms with Crippen molar-refractivity contribution in [3.63, 3.8) is 0 Å². The summed E-state index contributed by atoms with van der Waals surface area (Å²) in [6.45, 7) is 4.76. The van der Waals surface area contributed by atoms with Gasteiger partial charge in [-0.2, -0.15) is 0 Å². The third-order valence-electron chi connectivity index (χ3n) is 2.64. The molecular weight excluding hydrogens is 216 g/mol. The largest absolute Gasteiger partial charge is 0.396 e. The van der Waals surface area contributed by atoms with Gasteiger partial charge in [0.1, 0.15) is 0 Å². The number of nitrogens with zero attached hydrogens (tertiary/aromatic N) is 1. The second-order valence-electron chi connectivity index (χ2n) is 4.95. The SMILES string of the molecule is CC(C)(CCO)CNC(=O)Cc1cccnc1. The molecule has 0 unspecified atom stereocenters. The van der Waals surface area contributed by atoms with Gasteiger partial charge in [-0.1, -0.05) is 19.9 Å². The van der Waals surface area contributed by atoms with Gasteiger partial charge in [0.15, 0.2) is 0 Å². The molecule has 94 valence electrons. The van der Waals surface area contributed by atoms with E-state index >= 15 is 0 Å². The summed E-state index contributed by atoms with van der Waals surface area (Å²) in [4.78, 5) is 15.6. The molecule has 0 fully saturated rings. The fourth-order valence-electron chi connectivity index (χ4n) is 1.48. The van der Waals surface area contributed by atoms with Crippen molar-refractivity contribution in [2.75, 3.05) is 13.2 Å². The molecule has 0 aliphatic rings. The van der Waals surface area contributed by atoms with E-state index in [0.29, 0.717) is 19.4 Å². The van der Waals surface area contributed by atoms with Crippen LogP contribution in [0.5, 0.6) is 0 Å². The average Bonchev–Trinajstić information content (AvgIpc) is 2.28. The summed E-state index contributed by atoms with van der Waals surface area (Å²) in [5.74, 6) is -0.0102. The van der Waals surface area contributed by atoms with Gasteiger partial charge >= 0.3 is 0 Å². The molecule has 1 rings (SSSR count). The number of rotatable bonds is 6. The normalized spacial score (nSPS) is 11.2. The van der Waals surface area contributed by atoms with Crippen LogP contribution in [0.25, 0.3) is 0 Å². The predicted molar refractivity (Wildman–Crippen MR) is 66.4 cm³/mol. The average molecular weight is 236 g/mol. The number of nitrogens with one attached hydrogen (secondary N) is 1. The lowest BCUT2D eigenvalue weighted by molar-refractivity contribution is -0.120. The van der Waals surface area contributed by atoms with E-state index in [-0.39, 0.29) is 17.9 Å². The molecule has 0 radical (unpaired) electrons. The van der Waals surface area contributed by atoms with E-state index in [1.807, 2.05) is 26.0 Å². The number of pyridine rings is 1. The van der Waals surface area contributed by atoms with Crippen LogP contribution in [0.2, 0.25) is 0 Å². The number of amides is 1. The van der Waals surface area contributed by atoms with Gasteiger partial charge in [-0.25, -0.2) is 0 Å². The Morgan fingerprint density at radius 2 is 2.29 bits per heavy atom. The molecule has 2 N–H and O–H groups in total. The molecule has 4 heteroatoms. The Bertz CT molecular complexity index is 350. The molecule has 0 atom stereocenters. The molecule has 1 aromatic rings. The van der Waals surface area contributed by atoms with Crippen molar-refractivity contribution in [3.05, 3.63) is 30.1 Å². The zero-order valence-corrected chi connectivity index (χ0v) is 10.4. The second-order valence-corrected chi connectivity index (χ2v) is 4.95. The monoisotopic (exact) mass is 236 g/mol. The van der Waals surface area contributed by atoms with E-state index in [1.54, 1.807) is 12.4 Å². The van der Waals surface area contributed by atoms with Crippen LogP contribution < -0.4 is 5.32 Å². The van der Waals surface area contributed by atoms with Crippen molar-refractivity contribution in [3.8, 4) is 0 Å². The van der Waals surface area contributed by atoms with Crippen molar-refractivity contribution < 1.29 is 9.90 Å². The Kier molecular flexibility index (Phi) is 5.10. The van der Waals surface area contributed by atoms with E-state index in [4.69, 9.17) is 5.11 Å². The zero-order valence-electron chi connectivity index (χ0n) is 10.4. The number of carbonyl (C=O) groups excluding carboxylic acids is 1. The molecule has 0 saturated carbocycles. The molecule has 0 saturated heterocycles. The molecular formula is C13H20N2O2. The van der Waals surface area contributed by atoms with Crippen LogP contribution in [0.3, 0.4) is 0 Å². The first-order valence-electron chi connectivity index (χ1n) is 5.80. The van der Waals surface area contributed by atoms with Crippen molar-refractivity contribution >= 4 is 5.91 Å². The van der Waals surface area contributed by atoms with Crippen LogP contribution in [-0.2, 0) is 11.2 Å². The standard InChI is InChI=1S/C13H20N2O2/c1-13(2,5-7-16)10-15-12(17)8-11-4-3-6-14-9-11/h3-4,6,9,16H,5,7-8,10H2,1-2H3,(H,15,17). The van der Waals surface area contributed by atoms with Gasteiger partial charge in [0.2, 0.25) is 5.91 Å². The van der Waals surface area contributed by atoms with Crippen LogP contribution in [-0.4, -0.2) is 29.1 Å². The van der Waals surface area contributed by atoms with Gasteiger partial charge in [0.05, 0.1) is 6.42 Å². The summed E-state index contributed by atoms with van der Waals surface area (Å²) in [5, 5.41) is 11.8. The molecule has 0 aliphatic heterocycles. The van der Waals surface area contributed by atoms with Crippen molar-refractivity contribution in [1.29, 1.82) is 0 Å². The Hall–Kier alpha value is -1.42. The molecule has 0 aliphatic carbocycles. The minimum absolute atomic E-state index is 0.0102. The lowest BCUT2D eigenvalue weighted by Gasteiger charge is -2.23. The first kappa shape index (κ1) is 13.6. The highest BCUT2D eigenvalue weighted by Crippen LogP contribution is 2.17. The van der Waals surface area contributed by atoms with Gasteiger partial charge in [0, 0.05) is 25.5 Å². The van der Waals surface area contributed by atoms with Crippen molar-refractivity contribution in [2.24, 2.45) is 5.41 Å². The van der Waals surface area contributed by atoms with Crippen molar-refractivity contribution in [1.82, 2.24) is 10.3 Å². The van der Waals surface area contributed by atoms with Crippen LogP contribution in [0.1, 0.15) is 25.8 Å². The number of hydrogen-bond donors (Lipinski definition) is 2. The minimum Gasteiger partial charge on any atom is -0.396 e. The topological polar surface area (TPSA) is 62.2 Å². The van der Waals surface area contributed by atoms with Gasteiger partial charge in [-0.15, -0.1) is 0 Å². The van der Waals surface area contributed by atoms with Crippen LogP contribution in [0.15, 0.2) is 24.5 Å².